The third kappa shape index (κ3) is 6.31. The summed E-state index contributed by atoms with van der Waals surface area (Å²) in [4.78, 5) is 15.4. The molecular weight excluding hydrogens is 809 g/mol. The van der Waals surface area contributed by atoms with Crippen LogP contribution in [-0.2, 0) is 0 Å². The minimum atomic E-state index is 0.693. The van der Waals surface area contributed by atoms with Gasteiger partial charge in [0.1, 0.15) is 0 Å². The molecule has 4 nitrogen and oxygen atoms in total. The minimum absolute atomic E-state index is 0.693. The van der Waals surface area contributed by atoms with Gasteiger partial charge in [-0.05, 0) is 106 Å². The molecule has 2 aromatic heterocycles. The first-order chi connectivity index (χ1) is 32.2. The van der Waals surface area contributed by atoms with Crippen LogP contribution in [0, 0.1) is 0 Å². The summed E-state index contributed by atoms with van der Waals surface area (Å²) in [6.45, 7) is 0. The third-order valence-corrected chi connectivity index (χ3v) is 13.9. The van der Waals surface area contributed by atoms with Crippen LogP contribution in [0.2, 0.25) is 0 Å². The fourth-order valence-electron chi connectivity index (χ4n) is 9.70. The highest BCUT2D eigenvalue weighted by molar-refractivity contribution is 7.99. The third-order valence-electron chi connectivity index (χ3n) is 12.8. The maximum Gasteiger partial charge on any atom is 0.160 e. The lowest BCUT2D eigenvalue weighted by atomic mass is 9.99. The summed E-state index contributed by atoms with van der Waals surface area (Å²) in [5.74, 6) is 0.693. The van der Waals surface area contributed by atoms with Crippen LogP contribution in [0.25, 0.3) is 94.1 Å². The van der Waals surface area contributed by atoms with Gasteiger partial charge in [0, 0.05) is 48.5 Å². The molecule has 0 saturated heterocycles. The molecule has 0 aliphatic carbocycles. The lowest BCUT2D eigenvalue weighted by molar-refractivity contribution is 1.17. The van der Waals surface area contributed by atoms with E-state index in [1.165, 1.54) is 65.0 Å². The molecule has 1 aliphatic rings. The second-order valence-corrected chi connectivity index (χ2v) is 17.7. The Hall–Kier alpha value is -8.25. The second-order valence-electron chi connectivity index (χ2n) is 16.6. The van der Waals surface area contributed by atoms with E-state index < -0.39 is 0 Å². The highest BCUT2D eigenvalue weighted by Gasteiger charge is 2.26. The van der Waals surface area contributed by atoms with E-state index in [1.807, 2.05) is 11.8 Å². The molecule has 0 bridgehead atoms. The van der Waals surface area contributed by atoms with E-state index in [2.05, 4.69) is 240 Å². The fourth-order valence-corrected chi connectivity index (χ4v) is 10.7. The number of anilines is 3. The maximum atomic E-state index is 5.32. The van der Waals surface area contributed by atoms with Crippen LogP contribution in [0.5, 0.6) is 0 Å². The van der Waals surface area contributed by atoms with Crippen molar-refractivity contribution in [3.05, 3.63) is 231 Å². The highest BCUT2D eigenvalue weighted by Crippen LogP contribution is 2.52. The number of benzene rings is 10. The zero-order valence-electron chi connectivity index (χ0n) is 35.1. The Morgan fingerprint density at radius 3 is 1.86 bits per heavy atom. The van der Waals surface area contributed by atoms with Gasteiger partial charge in [-0.3, -0.25) is 0 Å². The first kappa shape index (κ1) is 37.3. The predicted octanol–water partition coefficient (Wildman–Crippen LogP) is 16.5. The van der Waals surface area contributed by atoms with Crippen molar-refractivity contribution in [2.24, 2.45) is 0 Å². The number of aromatic nitrogens is 3. The molecule has 0 unspecified atom stereocenters. The lowest BCUT2D eigenvalue weighted by Gasteiger charge is -2.33. The molecule has 0 radical (unpaired) electrons. The number of nitrogens with zero attached hydrogens (tertiary/aromatic N) is 4. The molecule has 65 heavy (non-hydrogen) atoms. The normalized spacial score (nSPS) is 12.2. The van der Waals surface area contributed by atoms with Crippen molar-refractivity contribution in [2.45, 2.75) is 9.79 Å². The molecule has 0 amide bonds. The van der Waals surface area contributed by atoms with Crippen LogP contribution in [0.1, 0.15) is 0 Å². The van der Waals surface area contributed by atoms with E-state index in [4.69, 9.17) is 9.97 Å². The van der Waals surface area contributed by atoms with Crippen LogP contribution >= 0.6 is 11.8 Å². The van der Waals surface area contributed by atoms with Gasteiger partial charge in [-0.25, -0.2) is 9.97 Å². The summed E-state index contributed by atoms with van der Waals surface area (Å²) >= 11 is 1.84. The molecule has 3 heterocycles. The lowest BCUT2D eigenvalue weighted by Crippen LogP contribution is -2.14. The van der Waals surface area contributed by atoms with Crippen molar-refractivity contribution in [2.75, 3.05) is 4.90 Å². The number of hydrogen-bond acceptors (Lipinski definition) is 4. The molecule has 5 heteroatoms. The smallest absolute Gasteiger partial charge is 0.160 e. The van der Waals surface area contributed by atoms with E-state index in [0.717, 1.165) is 50.1 Å². The van der Waals surface area contributed by atoms with Crippen LogP contribution in [0.15, 0.2) is 240 Å². The molecule has 0 fully saturated rings. The summed E-state index contributed by atoms with van der Waals surface area (Å²) in [7, 11) is 0. The van der Waals surface area contributed by atoms with E-state index in [0.29, 0.717) is 5.82 Å². The Bertz CT molecular complexity index is 3800. The van der Waals surface area contributed by atoms with Crippen LogP contribution in [0.4, 0.5) is 17.1 Å². The van der Waals surface area contributed by atoms with Gasteiger partial charge in [0.25, 0.3) is 0 Å². The van der Waals surface area contributed by atoms with E-state index in [1.54, 1.807) is 0 Å². The first-order valence-corrected chi connectivity index (χ1v) is 22.8. The first-order valence-electron chi connectivity index (χ1n) is 22.0. The molecule has 12 aromatic rings. The van der Waals surface area contributed by atoms with Gasteiger partial charge in [-0.15, -0.1) is 0 Å². The second kappa shape index (κ2) is 15.2. The monoisotopic (exact) mass is 846 g/mol. The number of rotatable bonds is 6. The zero-order chi connectivity index (χ0) is 42.8. The summed E-state index contributed by atoms with van der Waals surface area (Å²) in [6.07, 6.45) is 0. The molecule has 0 N–H and O–H groups in total. The van der Waals surface area contributed by atoms with Crippen LogP contribution < -0.4 is 4.90 Å². The van der Waals surface area contributed by atoms with E-state index in [9.17, 15) is 0 Å². The maximum absolute atomic E-state index is 5.32. The van der Waals surface area contributed by atoms with Crippen molar-refractivity contribution in [1.82, 2.24) is 14.5 Å². The quantitative estimate of drug-likeness (QED) is 0.167. The molecule has 1 aliphatic heterocycles. The average molecular weight is 847 g/mol. The van der Waals surface area contributed by atoms with Gasteiger partial charge >= 0.3 is 0 Å². The predicted molar refractivity (Wildman–Crippen MR) is 272 cm³/mol. The standard InChI is InChI=1S/C60H38N4S/c1-3-14-39(15-4-1)40-26-28-42(29-27-40)59-49-22-9-10-23-51(49)61-60(62-59)45-17-13-20-47(36-45)64-52-33-31-43(37-50(52)58-48-21-8-7-16-41(48)30-34-54(58)64)44-32-35-57-55(38-44)63(46-18-5-2-6-19-46)53-24-11-12-25-56(53)65-57/h1-38H. The molecule has 13 rings (SSSR count). The molecule has 0 atom stereocenters. The molecule has 304 valence electrons. The van der Waals surface area contributed by atoms with E-state index in [-0.39, 0.29) is 0 Å². The molecule has 10 aromatic carbocycles. The zero-order valence-corrected chi connectivity index (χ0v) is 36.0. The Labute approximate surface area is 380 Å². The van der Waals surface area contributed by atoms with Crippen molar-refractivity contribution in [3.8, 4) is 50.6 Å². The van der Waals surface area contributed by atoms with Gasteiger partial charge in [0.15, 0.2) is 5.82 Å². The fraction of sp³-hybridized carbons (Fsp3) is 0. The summed E-state index contributed by atoms with van der Waals surface area (Å²) in [5, 5.41) is 5.92. The number of hydrogen-bond donors (Lipinski definition) is 0. The van der Waals surface area contributed by atoms with Gasteiger partial charge in [-0.2, -0.15) is 0 Å². The minimum Gasteiger partial charge on any atom is -0.309 e. The average Bonchev–Trinajstić information content (AvgIpc) is 3.72. The SMILES string of the molecule is c1ccc(-c2ccc(-c3nc(-c4cccc(-n5c6ccc(-c7ccc8c(c7)N(c7ccccc7)c7ccccc7S8)cc6c6c7ccccc7ccc65)c4)nc4ccccc34)cc2)cc1. The van der Waals surface area contributed by atoms with Gasteiger partial charge in [0.05, 0.1) is 33.6 Å². The van der Waals surface area contributed by atoms with Crippen molar-refractivity contribution < 1.29 is 0 Å². The Morgan fingerprint density at radius 1 is 0.354 bits per heavy atom. The summed E-state index contributed by atoms with van der Waals surface area (Å²) in [6, 6.07) is 82.8. The van der Waals surface area contributed by atoms with E-state index >= 15 is 0 Å². The summed E-state index contributed by atoms with van der Waals surface area (Å²) < 4.78 is 2.41. The van der Waals surface area contributed by atoms with Crippen LogP contribution in [-0.4, -0.2) is 14.5 Å². The van der Waals surface area contributed by atoms with Gasteiger partial charge in [-0.1, -0.05) is 169 Å². The number of fused-ring (bicyclic) bond motifs is 8. The topological polar surface area (TPSA) is 34.0 Å². The Morgan fingerprint density at radius 2 is 0.985 bits per heavy atom. The van der Waals surface area contributed by atoms with Crippen molar-refractivity contribution in [3.63, 3.8) is 0 Å². The van der Waals surface area contributed by atoms with Crippen LogP contribution in [0.3, 0.4) is 0 Å². The largest absolute Gasteiger partial charge is 0.309 e. The highest BCUT2D eigenvalue weighted by atomic mass is 32.2. The van der Waals surface area contributed by atoms with Crippen molar-refractivity contribution >= 4 is 72.3 Å². The molecule has 0 saturated carbocycles. The van der Waals surface area contributed by atoms with Gasteiger partial charge in [0.2, 0.25) is 0 Å². The molecule has 0 spiro atoms. The number of para-hydroxylation sites is 3. The Kier molecular flexibility index (Phi) is 8.74. The summed E-state index contributed by atoms with van der Waals surface area (Å²) in [5.41, 5.74) is 15.4. The Balaban J connectivity index is 0.952. The van der Waals surface area contributed by atoms with Gasteiger partial charge < -0.3 is 9.47 Å². The van der Waals surface area contributed by atoms with Crippen molar-refractivity contribution in [1.29, 1.82) is 0 Å². The molecular formula is C60H38N4S.